The average Bonchev–Trinajstić information content (AvgIpc) is 2.83. The first-order valence-electron chi connectivity index (χ1n) is 5.59. The SMILES string of the molecule is Cc1cccc(C)c1NC(=O)c1csc([N+](=O)[O-])c1. The largest absolute Gasteiger partial charge is 0.324 e. The quantitative estimate of drug-likeness (QED) is 0.688. The van der Waals surface area contributed by atoms with Crippen LogP contribution in [0.4, 0.5) is 10.7 Å². The van der Waals surface area contributed by atoms with Gasteiger partial charge in [-0.2, -0.15) is 0 Å². The van der Waals surface area contributed by atoms with Crippen LogP contribution in [0.25, 0.3) is 0 Å². The number of para-hydroxylation sites is 1. The number of carbonyl (C=O) groups is 1. The summed E-state index contributed by atoms with van der Waals surface area (Å²) in [6, 6.07) is 7.00. The topological polar surface area (TPSA) is 72.2 Å². The van der Waals surface area contributed by atoms with Crippen LogP contribution in [0.1, 0.15) is 21.5 Å². The molecule has 98 valence electrons. The minimum absolute atomic E-state index is 0.0355. The third kappa shape index (κ3) is 2.79. The molecule has 0 aliphatic carbocycles. The Bertz CT molecular complexity index is 629. The highest BCUT2D eigenvalue weighted by Gasteiger charge is 2.16. The maximum atomic E-state index is 12.0. The molecule has 0 saturated carbocycles. The predicted molar refractivity (Wildman–Crippen MR) is 74.8 cm³/mol. The second kappa shape index (κ2) is 5.19. The number of carbonyl (C=O) groups excluding carboxylic acids is 1. The number of amides is 1. The summed E-state index contributed by atoms with van der Waals surface area (Å²) >= 11 is 0.945. The van der Waals surface area contributed by atoms with Crippen LogP contribution in [0, 0.1) is 24.0 Å². The summed E-state index contributed by atoms with van der Waals surface area (Å²) < 4.78 is 0. The number of rotatable bonds is 3. The lowest BCUT2D eigenvalue weighted by molar-refractivity contribution is -0.380. The Balaban J connectivity index is 2.23. The van der Waals surface area contributed by atoms with Crippen LogP contribution in [-0.4, -0.2) is 10.8 Å². The lowest BCUT2D eigenvalue weighted by atomic mass is 10.1. The van der Waals surface area contributed by atoms with Gasteiger partial charge < -0.3 is 5.32 Å². The Morgan fingerprint density at radius 1 is 1.32 bits per heavy atom. The van der Waals surface area contributed by atoms with E-state index in [2.05, 4.69) is 5.32 Å². The molecule has 6 heteroatoms. The van der Waals surface area contributed by atoms with Crippen molar-refractivity contribution in [3.63, 3.8) is 0 Å². The molecule has 1 aromatic heterocycles. The fraction of sp³-hybridized carbons (Fsp3) is 0.154. The van der Waals surface area contributed by atoms with Crippen LogP contribution < -0.4 is 5.32 Å². The maximum Gasteiger partial charge on any atom is 0.324 e. The van der Waals surface area contributed by atoms with Gasteiger partial charge in [-0.15, -0.1) is 0 Å². The normalized spacial score (nSPS) is 10.2. The second-order valence-electron chi connectivity index (χ2n) is 4.15. The second-order valence-corrected chi connectivity index (χ2v) is 5.04. The van der Waals surface area contributed by atoms with Gasteiger partial charge in [0, 0.05) is 17.1 Å². The molecule has 2 rings (SSSR count). The molecule has 0 saturated heterocycles. The highest BCUT2D eigenvalue weighted by atomic mass is 32.1. The number of nitrogens with zero attached hydrogens (tertiary/aromatic N) is 1. The highest BCUT2D eigenvalue weighted by molar-refractivity contribution is 7.13. The Morgan fingerprint density at radius 2 is 1.95 bits per heavy atom. The minimum Gasteiger partial charge on any atom is -0.321 e. The van der Waals surface area contributed by atoms with Crippen LogP contribution >= 0.6 is 11.3 Å². The van der Waals surface area contributed by atoms with Gasteiger partial charge in [0.25, 0.3) is 5.91 Å². The molecule has 19 heavy (non-hydrogen) atoms. The molecule has 0 spiro atoms. The van der Waals surface area contributed by atoms with E-state index in [0.29, 0.717) is 5.56 Å². The van der Waals surface area contributed by atoms with E-state index >= 15 is 0 Å². The van der Waals surface area contributed by atoms with E-state index in [1.54, 1.807) is 0 Å². The molecule has 1 amide bonds. The number of hydrogen-bond donors (Lipinski definition) is 1. The molecule has 0 atom stereocenters. The van der Waals surface area contributed by atoms with Crippen molar-refractivity contribution in [3.05, 3.63) is 56.5 Å². The summed E-state index contributed by atoms with van der Waals surface area (Å²) in [5.74, 6) is -0.332. The molecule has 0 aliphatic heterocycles. The summed E-state index contributed by atoms with van der Waals surface area (Å²) in [4.78, 5) is 22.1. The van der Waals surface area contributed by atoms with E-state index in [1.165, 1.54) is 11.4 Å². The Morgan fingerprint density at radius 3 is 2.47 bits per heavy atom. The smallest absolute Gasteiger partial charge is 0.321 e. The number of nitro groups is 1. The van der Waals surface area contributed by atoms with E-state index in [9.17, 15) is 14.9 Å². The number of thiophene rings is 1. The van der Waals surface area contributed by atoms with Crippen LogP contribution in [0.5, 0.6) is 0 Å². The van der Waals surface area contributed by atoms with Gasteiger partial charge in [0.1, 0.15) is 0 Å². The van der Waals surface area contributed by atoms with Crippen molar-refractivity contribution in [2.75, 3.05) is 5.32 Å². The van der Waals surface area contributed by atoms with Crippen molar-refractivity contribution in [3.8, 4) is 0 Å². The third-order valence-corrected chi connectivity index (χ3v) is 3.63. The average molecular weight is 276 g/mol. The van der Waals surface area contributed by atoms with Gasteiger partial charge in [0.15, 0.2) is 0 Å². The van der Waals surface area contributed by atoms with Gasteiger partial charge in [-0.25, -0.2) is 0 Å². The molecule has 0 unspecified atom stereocenters. The number of hydrogen-bond acceptors (Lipinski definition) is 4. The number of anilines is 1. The minimum atomic E-state index is -0.500. The van der Waals surface area contributed by atoms with Crippen molar-refractivity contribution in [1.82, 2.24) is 0 Å². The molecule has 1 aromatic carbocycles. The summed E-state index contributed by atoms with van der Waals surface area (Å²) in [5, 5.41) is 14.8. The molecule has 2 aromatic rings. The molecule has 0 radical (unpaired) electrons. The lowest BCUT2D eigenvalue weighted by Crippen LogP contribution is -2.12. The van der Waals surface area contributed by atoms with Gasteiger partial charge >= 0.3 is 5.00 Å². The van der Waals surface area contributed by atoms with Crippen molar-refractivity contribution in [2.45, 2.75) is 13.8 Å². The molecule has 1 heterocycles. The Kier molecular flexibility index (Phi) is 3.62. The van der Waals surface area contributed by atoms with Crippen molar-refractivity contribution >= 4 is 27.9 Å². The fourth-order valence-corrected chi connectivity index (χ4v) is 2.44. The highest BCUT2D eigenvalue weighted by Crippen LogP contribution is 2.25. The van der Waals surface area contributed by atoms with Gasteiger partial charge in [-0.1, -0.05) is 29.5 Å². The molecule has 0 fully saturated rings. The fourth-order valence-electron chi connectivity index (χ4n) is 1.74. The first kappa shape index (κ1) is 13.2. The first-order chi connectivity index (χ1) is 8.99. The van der Waals surface area contributed by atoms with Gasteiger partial charge in [-0.3, -0.25) is 14.9 Å². The van der Waals surface area contributed by atoms with Crippen molar-refractivity contribution in [2.24, 2.45) is 0 Å². The summed E-state index contributed by atoms with van der Waals surface area (Å²) in [7, 11) is 0. The van der Waals surface area contributed by atoms with E-state index in [4.69, 9.17) is 0 Å². The number of aryl methyl sites for hydroxylation is 2. The van der Waals surface area contributed by atoms with E-state index < -0.39 is 4.92 Å². The molecular weight excluding hydrogens is 264 g/mol. The molecule has 0 aliphatic rings. The van der Waals surface area contributed by atoms with Crippen molar-refractivity contribution < 1.29 is 9.72 Å². The number of nitrogens with one attached hydrogen (secondary N) is 1. The zero-order chi connectivity index (χ0) is 14.0. The maximum absolute atomic E-state index is 12.0. The first-order valence-corrected chi connectivity index (χ1v) is 6.47. The van der Waals surface area contributed by atoms with Crippen LogP contribution in [-0.2, 0) is 0 Å². The molecule has 5 nitrogen and oxygen atoms in total. The van der Waals surface area contributed by atoms with E-state index in [-0.39, 0.29) is 10.9 Å². The van der Waals surface area contributed by atoms with Gasteiger partial charge in [0.05, 0.1) is 10.5 Å². The zero-order valence-corrected chi connectivity index (χ0v) is 11.3. The molecule has 0 bridgehead atoms. The Labute approximate surface area is 114 Å². The number of benzene rings is 1. The molecule has 1 N–H and O–H groups in total. The molecular formula is C13H12N2O3S. The van der Waals surface area contributed by atoms with Crippen LogP contribution in [0.3, 0.4) is 0 Å². The van der Waals surface area contributed by atoms with E-state index in [1.807, 2.05) is 32.0 Å². The van der Waals surface area contributed by atoms with Crippen molar-refractivity contribution in [1.29, 1.82) is 0 Å². The van der Waals surface area contributed by atoms with Gasteiger partial charge in [-0.05, 0) is 25.0 Å². The van der Waals surface area contributed by atoms with Gasteiger partial charge in [0.2, 0.25) is 0 Å². The lowest BCUT2D eigenvalue weighted by Gasteiger charge is -2.10. The summed E-state index contributed by atoms with van der Waals surface area (Å²) in [6.45, 7) is 3.80. The predicted octanol–water partition coefficient (Wildman–Crippen LogP) is 3.53. The monoisotopic (exact) mass is 276 g/mol. The van der Waals surface area contributed by atoms with E-state index in [0.717, 1.165) is 28.2 Å². The summed E-state index contributed by atoms with van der Waals surface area (Å²) in [6.07, 6.45) is 0. The summed E-state index contributed by atoms with van der Waals surface area (Å²) in [5.41, 5.74) is 2.97. The Hall–Kier alpha value is -2.21. The zero-order valence-electron chi connectivity index (χ0n) is 10.5. The van der Waals surface area contributed by atoms with Crippen LogP contribution in [0.2, 0.25) is 0 Å². The standard InChI is InChI=1S/C13H12N2O3S/c1-8-4-3-5-9(2)12(8)14-13(16)10-6-11(15(17)18)19-7-10/h3-7H,1-2H3,(H,14,16). The third-order valence-electron chi connectivity index (χ3n) is 2.75. The van der Waals surface area contributed by atoms with Crippen LogP contribution in [0.15, 0.2) is 29.6 Å².